The van der Waals surface area contributed by atoms with Gasteiger partial charge in [-0.25, -0.2) is 0 Å². The van der Waals surface area contributed by atoms with E-state index in [-0.39, 0.29) is 5.91 Å². The summed E-state index contributed by atoms with van der Waals surface area (Å²) < 4.78 is 10.5. The summed E-state index contributed by atoms with van der Waals surface area (Å²) in [5.74, 6) is 0.865. The zero-order chi connectivity index (χ0) is 19.9. The lowest BCUT2D eigenvalue weighted by Crippen LogP contribution is -2.26. The highest BCUT2D eigenvalue weighted by molar-refractivity contribution is 9.10. The van der Waals surface area contributed by atoms with E-state index < -0.39 is 0 Å². The Bertz CT molecular complexity index is 998. The molecule has 7 nitrogen and oxygen atoms in total. The van der Waals surface area contributed by atoms with Crippen LogP contribution in [-0.2, 0) is 20.1 Å². The molecule has 0 aliphatic rings. The maximum absolute atomic E-state index is 12.7. The van der Waals surface area contributed by atoms with Crippen LogP contribution < -0.4 is 0 Å². The van der Waals surface area contributed by atoms with E-state index in [1.54, 1.807) is 18.0 Å². The zero-order valence-corrected chi connectivity index (χ0v) is 18.1. The third kappa shape index (κ3) is 3.71. The Morgan fingerprint density at radius 2 is 1.85 bits per heavy atom. The van der Waals surface area contributed by atoms with Crippen molar-refractivity contribution in [2.45, 2.75) is 40.8 Å². The Kier molecular flexibility index (Phi) is 5.28. The molecule has 0 aliphatic carbocycles. The van der Waals surface area contributed by atoms with E-state index in [9.17, 15) is 4.79 Å². The Hall–Kier alpha value is -2.35. The van der Waals surface area contributed by atoms with Gasteiger partial charge in [0.25, 0.3) is 5.91 Å². The van der Waals surface area contributed by atoms with Gasteiger partial charge in [-0.3, -0.25) is 14.2 Å². The van der Waals surface area contributed by atoms with Crippen molar-refractivity contribution < 1.29 is 9.21 Å². The van der Waals surface area contributed by atoms with Crippen LogP contribution in [0.5, 0.6) is 0 Å². The molecule has 0 saturated heterocycles. The van der Waals surface area contributed by atoms with Crippen molar-refractivity contribution in [2.75, 3.05) is 7.05 Å². The summed E-state index contributed by atoms with van der Waals surface area (Å²) in [6.45, 7) is 8.87. The van der Waals surface area contributed by atoms with Crippen LogP contribution in [0.15, 0.2) is 21.0 Å². The van der Waals surface area contributed by atoms with Crippen LogP contribution in [0.4, 0.5) is 0 Å². The first-order valence-corrected chi connectivity index (χ1v) is 9.51. The molecular weight excluding hydrogens is 410 g/mol. The Labute approximate surface area is 167 Å². The van der Waals surface area contributed by atoms with Gasteiger partial charge in [-0.05, 0) is 55.8 Å². The van der Waals surface area contributed by atoms with Crippen molar-refractivity contribution >= 4 is 21.8 Å². The second-order valence-corrected chi connectivity index (χ2v) is 7.64. The summed E-state index contributed by atoms with van der Waals surface area (Å²) in [5.41, 5.74) is 5.01. The fourth-order valence-electron chi connectivity index (χ4n) is 3.10. The minimum Gasteiger partial charge on any atom is -0.454 e. The minimum atomic E-state index is -0.154. The predicted octanol–water partition coefficient (Wildman–Crippen LogP) is 3.53. The van der Waals surface area contributed by atoms with Crippen LogP contribution in [0.2, 0.25) is 0 Å². The van der Waals surface area contributed by atoms with E-state index in [2.05, 4.69) is 26.1 Å². The Morgan fingerprint density at radius 1 is 1.15 bits per heavy atom. The number of aromatic nitrogens is 4. The van der Waals surface area contributed by atoms with Gasteiger partial charge in [-0.15, -0.1) is 0 Å². The molecule has 0 spiro atoms. The molecule has 3 aromatic heterocycles. The van der Waals surface area contributed by atoms with Crippen molar-refractivity contribution in [3.63, 3.8) is 0 Å². The molecular formula is C19H24BrN5O2. The highest BCUT2D eigenvalue weighted by atomic mass is 79.9. The van der Waals surface area contributed by atoms with Gasteiger partial charge >= 0.3 is 0 Å². The Balaban J connectivity index is 1.73. The second kappa shape index (κ2) is 7.34. The molecule has 8 heteroatoms. The average molecular weight is 434 g/mol. The molecule has 0 bridgehead atoms. The molecule has 3 heterocycles. The largest absolute Gasteiger partial charge is 0.454 e. The average Bonchev–Trinajstić information content (AvgIpc) is 3.25. The molecule has 3 rings (SSSR count). The van der Waals surface area contributed by atoms with E-state index >= 15 is 0 Å². The molecule has 0 N–H and O–H groups in total. The van der Waals surface area contributed by atoms with Crippen LogP contribution in [0, 0.1) is 27.7 Å². The summed E-state index contributed by atoms with van der Waals surface area (Å²) in [5, 5.41) is 8.88. The second-order valence-electron chi connectivity index (χ2n) is 6.84. The molecule has 1 amide bonds. The maximum Gasteiger partial charge on any atom is 0.289 e. The standard InChI is InChI=1S/C19H24BrN5O2/c1-11-16(13(3)24(6)21-11)10-23(5)19(26)17-8-7-15(27-17)9-25-14(4)18(20)12(2)22-25/h7-8H,9-10H2,1-6H3. The molecule has 0 saturated carbocycles. The summed E-state index contributed by atoms with van der Waals surface area (Å²) in [6.07, 6.45) is 0. The van der Waals surface area contributed by atoms with Crippen molar-refractivity contribution in [2.24, 2.45) is 7.05 Å². The number of hydrogen-bond acceptors (Lipinski definition) is 4. The number of halogens is 1. The van der Waals surface area contributed by atoms with Gasteiger partial charge in [0.2, 0.25) is 0 Å². The van der Waals surface area contributed by atoms with Gasteiger partial charge in [0.05, 0.1) is 28.1 Å². The van der Waals surface area contributed by atoms with Gasteiger partial charge in [0, 0.05) is 31.9 Å². The fraction of sp³-hybridized carbons (Fsp3) is 0.421. The van der Waals surface area contributed by atoms with Crippen LogP contribution in [0.25, 0.3) is 0 Å². The number of furan rings is 1. The van der Waals surface area contributed by atoms with Crippen LogP contribution in [0.3, 0.4) is 0 Å². The van der Waals surface area contributed by atoms with E-state index in [0.717, 1.165) is 32.8 Å². The van der Waals surface area contributed by atoms with Gasteiger partial charge < -0.3 is 9.32 Å². The molecule has 144 valence electrons. The third-order valence-electron chi connectivity index (χ3n) is 4.87. The number of hydrogen-bond donors (Lipinski definition) is 0. The zero-order valence-electron chi connectivity index (χ0n) is 16.5. The van der Waals surface area contributed by atoms with Gasteiger partial charge in [0.1, 0.15) is 5.76 Å². The smallest absolute Gasteiger partial charge is 0.289 e. The van der Waals surface area contributed by atoms with Crippen molar-refractivity contribution in [1.29, 1.82) is 0 Å². The Morgan fingerprint density at radius 3 is 2.41 bits per heavy atom. The molecule has 0 atom stereocenters. The number of aryl methyl sites for hydroxylation is 3. The predicted molar refractivity (Wildman–Crippen MR) is 106 cm³/mol. The third-order valence-corrected chi connectivity index (χ3v) is 6.02. The monoisotopic (exact) mass is 433 g/mol. The number of nitrogens with zero attached hydrogens (tertiary/aromatic N) is 5. The molecule has 0 aromatic carbocycles. The first-order valence-electron chi connectivity index (χ1n) is 8.71. The molecule has 27 heavy (non-hydrogen) atoms. The van der Waals surface area contributed by atoms with Crippen molar-refractivity contribution in [3.05, 3.63) is 56.5 Å². The first-order chi connectivity index (χ1) is 12.7. The number of rotatable bonds is 5. The highest BCUT2D eigenvalue weighted by Gasteiger charge is 2.20. The number of carbonyl (C=O) groups is 1. The van der Waals surface area contributed by atoms with Gasteiger partial charge in [0.15, 0.2) is 5.76 Å². The molecule has 0 aliphatic heterocycles. The lowest BCUT2D eigenvalue weighted by Gasteiger charge is -2.16. The summed E-state index contributed by atoms with van der Waals surface area (Å²) >= 11 is 3.52. The van der Waals surface area contributed by atoms with Gasteiger partial charge in [-0.2, -0.15) is 10.2 Å². The lowest BCUT2D eigenvalue weighted by atomic mass is 10.2. The van der Waals surface area contributed by atoms with E-state index in [0.29, 0.717) is 24.6 Å². The lowest BCUT2D eigenvalue weighted by molar-refractivity contribution is 0.0751. The fourth-order valence-corrected chi connectivity index (χ4v) is 3.38. The number of carbonyl (C=O) groups excluding carboxylic acids is 1. The maximum atomic E-state index is 12.7. The van der Waals surface area contributed by atoms with Crippen molar-refractivity contribution in [3.8, 4) is 0 Å². The highest BCUT2D eigenvalue weighted by Crippen LogP contribution is 2.22. The molecule has 0 fully saturated rings. The SMILES string of the molecule is Cc1nn(Cc2ccc(C(=O)N(C)Cc3c(C)nn(C)c3C)o2)c(C)c1Br. The normalized spacial score (nSPS) is 11.2. The van der Waals surface area contributed by atoms with Gasteiger partial charge in [-0.1, -0.05) is 0 Å². The summed E-state index contributed by atoms with van der Waals surface area (Å²) in [6, 6.07) is 3.55. The molecule has 0 unspecified atom stereocenters. The minimum absolute atomic E-state index is 0.154. The van der Waals surface area contributed by atoms with Crippen molar-refractivity contribution in [1.82, 2.24) is 24.5 Å². The quantitative estimate of drug-likeness (QED) is 0.616. The van der Waals surface area contributed by atoms with Crippen LogP contribution in [0.1, 0.15) is 44.7 Å². The van der Waals surface area contributed by atoms with E-state index in [1.807, 2.05) is 50.2 Å². The summed E-state index contributed by atoms with van der Waals surface area (Å²) in [7, 11) is 3.68. The molecule has 3 aromatic rings. The molecule has 0 radical (unpaired) electrons. The van der Waals surface area contributed by atoms with E-state index in [1.165, 1.54) is 0 Å². The summed E-state index contributed by atoms with van der Waals surface area (Å²) in [4.78, 5) is 14.4. The number of amides is 1. The first kappa shape index (κ1) is 19.4. The van der Waals surface area contributed by atoms with Crippen LogP contribution in [-0.4, -0.2) is 37.4 Å². The van der Waals surface area contributed by atoms with E-state index in [4.69, 9.17) is 4.42 Å². The topological polar surface area (TPSA) is 69.1 Å². The van der Waals surface area contributed by atoms with Crippen LogP contribution >= 0.6 is 15.9 Å².